The minimum Gasteiger partial charge on any atom is -0.497 e. The molecule has 2 rings (SSSR count). The fourth-order valence-corrected chi connectivity index (χ4v) is 2.26. The first-order valence-corrected chi connectivity index (χ1v) is 9.02. The Bertz CT molecular complexity index is 774. The lowest BCUT2D eigenvalue weighted by atomic mass is 10.2. The van der Waals surface area contributed by atoms with Crippen LogP contribution in [0.2, 0.25) is 0 Å². The van der Waals surface area contributed by atoms with Gasteiger partial charge in [-0.2, -0.15) is 10.2 Å². The lowest BCUT2D eigenvalue weighted by Gasteiger charge is -2.01. The van der Waals surface area contributed by atoms with Crippen LogP contribution < -0.4 is 20.3 Å². The van der Waals surface area contributed by atoms with E-state index in [2.05, 4.69) is 21.1 Å². The molecule has 0 aromatic heterocycles. The SMILES string of the molecule is COc1ccc(/C=N/NC(=O)CCCC(=O)N/N=C/c2ccc(OC)cc2)cc1. The van der Waals surface area contributed by atoms with Gasteiger partial charge >= 0.3 is 0 Å². The number of ether oxygens (including phenoxy) is 2. The van der Waals surface area contributed by atoms with Crippen LogP contribution in [0.3, 0.4) is 0 Å². The largest absolute Gasteiger partial charge is 0.497 e. The second-order valence-corrected chi connectivity index (χ2v) is 5.99. The van der Waals surface area contributed by atoms with Crippen molar-refractivity contribution in [3.05, 3.63) is 59.7 Å². The summed E-state index contributed by atoms with van der Waals surface area (Å²) in [5.41, 5.74) is 6.54. The van der Waals surface area contributed by atoms with E-state index < -0.39 is 0 Å². The third-order valence-corrected chi connectivity index (χ3v) is 3.85. The van der Waals surface area contributed by atoms with E-state index in [0.717, 1.165) is 22.6 Å². The molecule has 29 heavy (non-hydrogen) atoms. The van der Waals surface area contributed by atoms with Crippen LogP contribution in [-0.2, 0) is 9.59 Å². The van der Waals surface area contributed by atoms with Crippen molar-refractivity contribution in [1.29, 1.82) is 0 Å². The standard InChI is InChI=1S/C21H24N4O4/c1-28-18-10-6-16(7-11-18)14-22-24-20(26)4-3-5-21(27)25-23-15-17-8-12-19(29-2)13-9-17/h6-15H,3-5H2,1-2H3,(H,24,26)(H,25,27)/b22-14+,23-15+. The lowest BCUT2D eigenvalue weighted by Crippen LogP contribution is -2.20. The summed E-state index contributed by atoms with van der Waals surface area (Å²) in [6.45, 7) is 0. The Hall–Kier alpha value is -3.68. The third kappa shape index (κ3) is 8.25. The normalized spacial score (nSPS) is 10.8. The molecular formula is C21H24N4O4. The zero-order chi connectivity index (χ0) is 20.9. The van der Waals surface area contributed by atoms with Gasteiger partial charge in [0.15, 0.2) is 0 Å². The van der Waals surface area contributed by atoms with Crippen LogP contribution in [0.1, 0.15) is 30.4 Å². The van der Waals surface area contributed by atoms with Gasteiger partial charge in [-0.3, -0.25) is 9.59 Å². The highest BCUT2D eigenvalue weighted by molar-refractivity contribution is 5.84. The number of methoxy groups -OCH3 is 2. The van der Waals surface area contributed by atoms with Crippen molar-refractivity contribution in [3.63, 3.8) is 0 Å². The first-order chi connectivity index (χ1) is 14.1. The Morgan fingerprint density at radius 3 is 1.48 bits per heavy atom. The zero-order valence-electron chi connectivity index (χ0n) is 16.4. The number of hydrogen-bond donors (Lipinski definition) is 2. The molecule has 2 aromatic rings. The van der Waals surface area contributed by atoms with Gasteiger partial charge in [0.2, 0.25) is 11.8 Å². The Morgan fingerprint density at radius 2 is 1.14 bits per heavy atom. The fourth-order valence-electron chi connectivity index (χ4n) is 2.26. The van der Waals surface area contributed by atoms with Crippen molar-refractivity contribution in [2.24, 2.45) is 10.2 Å². The molecule has 8 heteroatoms. The second-order valence-electron chi connectivity index (χ2n) is 5.99. The predicted octanol–water partition coefficient (Wildman–Crippen LogP) is 2.47. The molecular weight excluding hydrogens is 372 g/mol. The van der Waals surface area contributed by atoms with Gasteiger partial charge in [0.05, 0.1) is 26.6 Å². The van der Waals surface area contributed by atoms with Gasteiger partial charge in [0, 0.05) is 12.8 Å². The Balaban J connectivity index is 1.62. The number of carbonyl (C=O) groups excluding carboxylic acids is 2. The summed E-state index contributed by atoms with van der Waals surface area (Å²) in [5.74, 6) is 0.976. The second kappa shape index (κ2) is 11.9. The molecule has 0 atom stereocenters. The van der Waals surface area contributed by atoms with Crippen LogP contribution >= 0.6 is 0 Å². The number of hydrogen-bond acceptors (Lipinski definition) is 6. The highest BCUT2D eigenvalue weighted by Gasteiger charge is 2.04. The Morgan fingerprint density at radius 1 is 0.759 bits per heavy atom. The number of nitrogens with zero attached hydrogens (tertiary/aromatic N) is 2. The molecule has 0 aliphatic carbocycles. The molecule has 0 fully saturated rings. The minimum atomic E-state index is -0.260. The van der Waals surface area contributed by atoms with Crippen molar-refractivity contribution in [2.75, 3.05) is 14.2 Å². The maximum Gasteiger partial charge on any atom is 0.240 e. The van der Waals surface area contributed by atoms with Crippen LogP contribution in [0.15, 0.2) is 58.7 Å². The molecule has 2 amide bonds. The first kappa shape index (κ1) is 21.6. The van der Waals surface area contributed by atoms with Crippen molar-refractivity contribution >= 4 is 24.2 Å². The van der Waals surface area contributed by atoms with Gasteiger partial charge in [-0.25, -0.2) is 10.9 Å². The smallest absolute Gasteiger partial charge is 0.240 e. The van der Waals surface area contributed by atoms with E-state index in [1.807, 2.05) is 24.3 Å². The van der Waals surface area contributed by atoms with E-state index in [0.29, 0.717) is 6.42 Å². The number of hydrazone groups is 2. The topological polar surface area (TPSA) is 101 Å². The summed E-state index contributed by atoms with van der Waals surface area (Å²) in [7, 11) is 3.19. The molecule has 0 bridgehead atoms. The highest BCUT2D eigenvalue weighted by Crippen LogP contribution is 2.10. The predicted molar refractivity (Wildman–Crippen MR) is 111 cm³/mol. The van der Waals surface area contributed by atoms with Crippen LogP contribution in [0.5, 0.6) is 11.5 Å². The molecule has 8 nitrogen and oxygen atoms in total. The molecule has 2 aromatic carbocycles. The molecule has 0 unspecified atom stereocenters. The Kier molecular flexibility index (Phi) is 8.88. The monoisotopic (exact) mass is 396 g/mol. The van der Waals surface area contributed by atoms with Crippen LogP contribution in [0, 0.1) is 0 Å². The average Bonchev–Trinajstić information content (AvgIpc) is 2.75. The Labute approximate surface area is 169 Å². The molecule has 0 heterocycles. The minimum absolute atomic E-state index is 0.190. The number of rotatable bonds is 10. The zero-order valence-corrected chi connectivity index (χ0v) is 16.4. The number of amides is 2. The van der Waals surface area contributed by atoms with Gasteiger partial charge in [-0.1, -0.05) is 0 Å². The summed E-state index contributed by atoms with van der Waals surface area (Å²) in [6.07, 6.45) is 3.86. The molecule has 0 saturated carbocycles. The molecule has 0 saturated heterocycles. The van der Waals surface area contributed by atoms with Gasteiger partial charge in [-0.05, 0) is 66.1 Å². The van der Waals surface area contributed by atoms with E-state index >= 15 is 0 Å². The maximum atomic E-state index is 11.8. The van der Waals surface area contributed by atoms with E-state index in [-0.39, 0.29) is 24.7 Å². The molecule has 0 spiro atoms. The van der Waals surface area contributed by atoms with Crippen molar-refractivity contribution in [1.82, 2.24) is 10.9 Å². The van der Waals surface area contributed by atoms with E-state index in [9.17, 15) is 9.59 Å². The van der Waals surface area contributed by atoms with Gasteiger partial charge in [0.1, 0.15) is 11.5 Å². The van der Waals surface area contributed by atoms with Crippen LogP contribution in [0.25, 0.3) is 0 Å². The summed E-state index contributed by atoms with van der Waals surface area (Å²) in [5, 5.41) is 7.78. The maximum absolute atomic E-state index is 11.8. The fraction of sp³-hybridized carbons (Fsp3) is 0.238. The number of nitrogens with one attached hydrogen (secondary N) is 2. The van der Waals surface area contributed by atoms with Crippen molar-refractivity contribution < 1.29 is 19.1 Å². The highest BCUT2D eigenvalue weighted by atomic mass is 16.5. The summed E-state index contributed by atoms with van der Waals surface area (Å²) in [6, 6.07) is 14.5. The van der Waals surface area contributed by atoms with Gasteiger partial charge in [-0.15, -0.1) is 0 Å². The molecule has 0 aliphatic rings. The first-order valence-electron chi connectivity index (χ1n) is 9.02. The average molecular weight is 396 g/mol. The summed E-state index contributed by atoms with van der Waals surface area (Å²) < 4.78 is 10.1. The number of carbonyl (C=O) groups is 2. The van der Waals surface area contributed by atoms with Crippen molar-refractivity contribution in [3.8, 4) is 11.5 Å². The third-order valence-electron chi connectivity index (χ3n) is 3.85. The van der Waals surface area contributed by atoms with Gasteiger partial charge < -0.3 is 9.47 Å². The lowest BCUT2D eigenvalue weighted by molar-refractivity contribution is -0.122. The van der Waals surface area contributed by atoms with E-state index in [1.165, 1.54) is 12.4 Å². The van der Waals surface area contributed by atoms with E-state index in [4.69, 9.17) is 9.47 Å². The van der Waals surface area contributed by atoms with Crippen molar-refractivity contribution in [2.45, 2.75) is 19.3 Å². The van der Waals surface area contributed by atoms with Gasteiger partial charge in [0.25, 0.3) is 0 Å². The molecule has 152 valence electrons. The molecule has 0 radical (unpaired) electrons. The summed E-state index contributed by atoms with van der Waals surface area (Å²) >= 11 is 0. The van der Waals surface area contributed by atoms with Crippen LogP contribution in [0.4, 0.5) is 0 Å². The van der Waals surface area contributed by atoms with Crippen LogP contribution in [-0.4, -0.2) is 38.5 Å². The summed E-state index contributed by atoms with van der Waals surface area (Å²) in [4.78, 5) is 23.5. The molecule has 0 aliphatic heterocycles. The van der Waals surface area contributed by atoms with E-state index in [1.54, 1.807) is 38.5 Å². The number of benzene rings is 2. The quantitative estimate of drug-likeness (QED) is 0.476. The molecule has 2 N–H and O–H groups in total.